The van der Waals surface area contributed by atoms with Gasteiger partial charge >= 0.3 is 0 Å². The molecule has 1 atom stereocenters. The zero-order valence-electron chi connectivity index (χ0n) is 13.9. The molecule has 0 spiro atoms. The fraction of sp³-hybridized carbons (Fsp3) is 0.200. The second kappa shape index (κ2) is 6.48. The van der Waals surface area contributed by atoms with Crippen LogP contribution in [-0.2, 0) is 17.9 Å². The fourth-order valence-corrected chi connectivity index (χ4v) is 3.70. The molecule has 0 bridgehead atoms. The molecule has 2 heterocycles. The highest BCUT2D eigenvalue weighted by molar-refractivity contribution is 9.10. The molecule has 0 N–H and O–H groups in total. The molecule has 0 aliphatic carbocycles. The first-order chi connectivity index (χ1) is 12.1. The van der Waals surface area contributed by atoms with Gasteiger partial charge in [-0.1, -0.05) is 57.9 Å². The number of hydrogen-bond donors (Lipinski definition) is 0. The van der Waals surface area contributed by atoms with Crippen LogP contribution in [0.4, 0.5) is 0 Å². The monoisotopic (exact) mass is 395 g/mol. The van der Waals surface area contributed by atoms with E-state index >= 15 is 0 Å². The maximum absolute atomic E-state index is 13.2. The molecule has 4 rings (SSSR count). The Labute approximate surface area is 155 Å². The highest BCUT2D eigenvalue weighted by atomic mass is 79.9. The molecule has 1 aliphatic rings. The van der Waals surface area contributed by atoms with Gasteiger partial charge in [-0.3, -0.25) is 4.79 Å². The molecule has 1 aliphatic heterocycles. The quantitative estimate of drug-likeness (QED) is 0.669. The van der Waals surface area contributed by atoms with Crippen molar-refractivity contribution in [3.8, 4) is 0 Å². The van der Waals surface area contributed by atoms with Crippen LogP contribution in [0.5, 0.6) is 0 Å². The van der Waals surface area contributed by atoms with Gasteiger partial charge in [-0.2, -0.15) is 0 Å². The van der Waals surface area contributed by atoms with E-state index in [-0.39, 0.29) is 11.9 Å². The van der Waals surface area contributed by atoms with Gasteiger partial charge in [0, 0.05) is 17.2 Å². The van der Waals surface area contributed by atoms with Gasteiger partial charge in [0.05, 0.1) is 18.6 Å². The van der Waals surface area contributed by atoms with Crippen molar-refractivity contribution >= 4 is 21.8 Å². The van der Waals surface area contributed by atoms with Crippen LogP contribution in [-0.4, -0.2) is 20.4 Å². The van der Waals surface area contributed by atoms with Crippen LogP contribution in [0, 0.1) is 6.92 Å². The van der Waals surface area contributed by atoms with Crippen LogP contribution in [0.3, 0.4) is 0 Å². The summed E-state index contributed by atoms with van der Waals surface area (Å²) >= 11 is 3.51. The van der Waals surface area contributed by atoms with Crippen molar-refractivity contribution in [3.63, 3.8) is 0 Å². The number of amides is 1. The Morgan fingerprint density at radius 3 is 2.76 bits per heavy atom. The summed E-state index contributed by atoms with van der Waals surface area (Å²) in [5.74, 6) is 0.101. The third-order valence-corrected chi connectivity index (χ3v) is 5.07. The first-order valence-corrected chi connectivity index (χ1v) is 9.01. The lowest BCUT2D eigenvalue weighted by Crippen LogP contribution is -2.42. The second-order valence-corrected chi connectivity index (χ2v) is 7.35. The van der Waals surface area contributed by atoms with E-state index < -0.39 is 0 Å². The van der Waals surface area contributed by atoms with Crippen LogP contribution in [0.15, 0.2) is 65.5 Å². The Morgan fingerprint density at radius 2 is 2.00 bits per heavy atom. The van der Waals surface area contributed by atoms with Gasteiger partial charge in [-0.15, -0.1) is 0 Å². The number of imidazole rings is 1. The molecule has 0 saturated heterocycles. The highest BCUT2D eigenvalue weighted by Gasteiger charge is 2.34. The second-order valence-electron chi connectivity index (χ2n) is 6.43. The molecule has 1 aromatic heterocycles. The topological polar surface area (TPSA) is 38.1 Å². The van der Waals surface area contributed by atoms with E-state index in [0.29, 0.717) is 13.1 Å². The number of aromatic nitrogens is 2. The number of carbonyl (C=O) groups excluding carboxylic acids is 1. The molecule has 126 valence electrons. The molecule has 3 aromatic rings. The summed E-state index contributed by atoms with van der Waals surface area (Å²) < 4.78 is 2.95. The minimum absolute atomic E-state index is 0.101. The number of halogens is 1. The summed E-state index contributed by atoms with van der Waals surface area (Å²) in [4.78, 5) is 19.4. The standard InChI is InChI=1S/C20H18BrN3O/c1-14-5-7-15(8-6-14)11-23-12-18-10-22-13-24(18)19(20(23)25)16-3-2-4-17(21)9-16/h2-10,13,19H,11-12H2,1H3. The Hall–Kier alpha value is -2.40. The maximum Gasteiger partial charge on any atom is 0.250 e. The predicted molar refractivity (Wildman–Crippen MR) is 99.9 cm³/mol. The molecule has 0 saturated carbocycles. The summed E-state index contributed by atoms with van der Waals surface area (Å²) in [5, 5.41) is 0. The molecule has 0 radical (unpaired) electrons. The van der Waals surface area contributed by atoms with Crippen LogP contribution in [0.25, 0.3) is 0 Å². The molecule has 4 nitrogen and oxygen atoms in total. The molecule has 5 heteroatoms. The lowest BCUT2D eigenvalue weighted by Gasteiger charge is -2.34. The summed E-state index contributed by atoms with van der Waals surface area (Å²) in [5.41, 5.74) is 4.38. The van der Waals surface area contributed by atoms with Crippen molar-refractivity contribution < 1.29 is 4.79 Å². The molecule has 25 heavy (non-hydrogen) atoms. The average Bonchev–Trinajstić information content (AvgIpc) is 3.05. The Kier molecular flexibility index (Phi) is 4.17. The minimum Gasteiger partial charge on any atom is -0.330 e. The smallest absolute Gasteiger partial charge is 0.250 e. The van der Waals surface area contributed by atoms with Crippen molar-refractivity contribution in [1.29, 1.82) is 0 Å². The third-order valence-electron chi connectivity index (χ3n) is 4.58. The largest absolute Gasteiger partial charge is 0.330 e. The Balaban J connectivity index is 1.70. The van der Waals surface area contributed by atoms with Crippen molar-refractivity contribution in [3.05, 3.63) is 87.9 Å². The van der Waals surface area contributed by atoms with Gasteiger partial charge in [-0.05, 0) is 30.2 Å². The summed E-state index contributed by atoms with van der Waals surface area (Å²) in [6, 6.07) is 15.9. The first kappa shape index (κ1) is 16.1. The van der Waals surface area contributed by atoms with Gasteiger partial charge < -0.3 is 9.47 Å². The van der Waals surface area contributed by atoms with Gasteiger partial charge in [0.15, 0.2) is 0 Å². The van der Waals surface area contributed by atoms with Gasteiger partial charge in [0.1, 0.15) is 6.04 Å². The van der Waals surface area contributed by atoms with Crippen molar-refractivity contribution in [2.75, 3.05) is 0 Å². The van der Waals surface area contributed by atoms with Gasteiger partial charge in [0.2, 0.25) is 0 Å². The third kappa shape index (κ3) is 3.12. The Bertz CT molecular complexity index is 917. The minimum atomic E-state index is -0.366. The zero-order chi connectivity index (χ0) is 17.4. The Morgan fingerprint density at radius 1 is 1.20 bits per heavy atom. The van der Waals surface area contributed by atoms with E-state index in [1.165, 1.54) is 5.56 Å². The molecular formula is C20H18BrN3O. The average molecular weight is 396 g/mol. The fourth-order valence-electron chi connectivity index (χ4n) is 3.28. The van der Waals surface area contributed by atoms with Crippen molar-refractivity contribution in [1.82, 2.24) is 14.5 Å². The SMILES string of the molecule is Cc1ccc(CN2Cc3cncn3C(c3cccc(Br)c3)C2=O)cc1. The number of fused-ring (bicyclic) bond motifs is 1. The maximum atomic E-state index is 13.2. The summed E-state index contributed by atoms with van der Waals surface area (Å²) in [6.07, 6.45) is 3.60. The summed E-state index contributed by atoms with van der Waals surface area (Å²) in [7, 11) is 0. The number of benzene rings is 2. The lowest BCUT2D eigenvalue weighted by molar-refractivity contribution is -0.136. The molecule has 2 aromatic carbocycles. The molecular weight excluding hydrogens is 378 g/mol. The van der Waals surface area contributed by atoms with Gasteiger partial charge in [-0.25, -0.2) is 4.98 Å². The number of nitrogens with zero attached hydrogens (tertiary/aromatic N) is 3. The summed E-state index contributed by atoms with van der Waals surface area (Å²) in [6.45, 7) is 3.25. The van der Waals surface area contributed by atoms with E-state index in [1.54, 1.807) is 6.33 Å². The van der Waals surface area contributed by atoms with E-state index in [4.69, 9.17) is 0 Å². The van der Waals surface area contributed by atoms with Crippen LogP contribution in [0.2, 0.25) is 0 Å². The lowest BCUT2D eigenvalue weighted by atomic mass is 10.0. The molecule has 0 fully saturated rings. The van der Waals surface area contributed by atoms with E-state index in [2.05, 4.69) is 52.1 Å². The first-order valence-electron chi connectivity index (χ1n) is 8.22. The normalized spacial score (nSPS) is 16.8. The number of hydrogen-bond acceptors (Lipinski definition) is 2. The van der Waals surface area contributed by atoms with Crippen LogP contribution >= 0.6 is 15.9 Å². The van der Waals surface area contributed by atoms with Crippen LogP contribution in [0.1, 0.15) is 28.4 Å². The van der Waals surface area contributed by atoms with E-state index in [1.807, 2.05) is 39.9 Å². The number of rotatable bonds is 3. The van der Waals surface area contributed by atoms with E-state index in [9.17, 15) is 4.79 Å². The number of aryl methyl sites for hydroxylation is 1. The molecule has 1 amide bonds. The van der Waals surface area contributed by atoms with Crippen molar-refractivity contribution in [2.45, 2.75) is 26.1 Å². The molecule has 1 unspecified atom stereocenters. The van der Waals surface area contributed by atoms with Gasteiger partial charge in [0.25, 0.3) is 5.91 Å². The highest BCUT2D eigenvalue weighted by Crippen LogP contribution is 2.30. The van der Waals surface area contributed by atoms with Crippen molar-refractivity contribution in [2.24, 2.45) is 0 Å². The zero-order valence-corrected chi connectivity index (χ0v) is 15.5. The van der Waals surface area contributed by atoms with Crippen LogP contribution < -0.4 is 0 Å². The number of carbonyl (C=O) groups is 1. The van der Waals surface area contributed by atoms with E-state index in [0.717, 1.165) is 21.3 Å². The predicted octanol–water partition coefficient (Wildman–Crippen LogP) is 4.09.